The first-order valence-electron chi connectivity index (χ1n) is 11.1. The maximum absolute atomic E-state index is 4.79. The predicted octanol–water partition coefficient (Wildman–Crippen LogP) is 4.28. The Morgan fingerprint density at radius 2 is 1.93 bits per heavy atom. The number of nitrogens with one attached hydrogen (secondary N) is 2. The Bertz CT molecular complexity index is 761. The van der Waals surface area contributed by atoms with Crippen LogP contribution in [0.15, 0.2) is 35.3 Å². The zero-order chi connectivity index (χ0) is 20.5. The molecule has 2 aromatic rings. The number of hydrogen-bond donors (Lipinski definition) is 2. The van der Waals surface area contributed by atoms with E-state index in [1.807, 2.05) is 24.6 Å². The molecule has 0 amide bonds. The summed E-state index contributed by atoms with van der Waals surface area (Å²) in [7, 11) is 1.98. The molecule has 29 heavy (non-hydrogen) atoms. The first kappa shape index (κ1) is 21.3. The van der Waals surface area contributed by atoms with Crippen LogP contribution in [0.5, 0.6) is 0 Å². The monoisotopic (exact) mass is 396 g/mol. The molecule has 0 bridgehead atoms. The highest BCUT2D eigenvalue weighted by atomic mass is 15.3. The van der Waals surface area contributed by atoms with E-state index in [0.717, 1.165) is 30.1 Å². The van der Waals surface area contributed by atoms with Crippen molar-refractivity contribution in [2.45, 2.75) is 71.4 Å². The van der Waals surface area contributed by atoms with Gasteiger partial charge in [-0.25, -0.2) is 4.99 Å². The number of rotatable bonds is 8. The molecule has 0 radical (unpaired) electrons. The van der Waals surface area contributed by atoms with Crippen LogP contribution in [0.3, 0.4) is 0 Å². The van der Waals surface area contributed by atoms with Gasteiger partial charge in [-0.3, -0.25) is 0 Å². The Balaban J connectivity index is 1.57. The van der Waals surface area contributed by atoms with Crippen LogP contribution >= 0.6 is 0 Å². The summed E-state index contributed by atoms with van der Waals surface area (Å²) in [6, 6.07) is 10.7. The second-order valence-electron chi connectivity index (χ2n) is 8.24. The molecule has 0 spiro atoms. The van der Waals surface area contributed by atoms with Gasteiger partial charge in [0.15, 0.2) is 11.8 Å². The van der Waals surface area contributed by atoms with Crippen LogP contribution in [0.4, 0.5) is 0 Å². The molecule has 1 atom stereocenters. The van der Waals surface area contributed by atoms with Gasteiger partial charge in [0.1, 0.15) is 12.4 Å². The van der Waals surface area contributed by atoms with Crippen molar-refractivity contribution in [3.8, 4) is 0 Å². The van der Waals surface area contributed by atoms with Crippen LogP contribution in [0.2, 0.25) is 0 Å². The molecule has 6 heteroatoms. The van der Waals surface area contributed by atoms with E-state index >= 15 is 0 Å². The lowest BCUT2D eigenvalue weighted by Crippen LogP contribution is -2.39. The van der Waals surface area contributed by atoms with Crippen molar-refractivity contribution in [1.29, 1.82) is 0 Å². The Morgan fingerprint density at radius 3 is 2.62 bits per heavy atom. The second kappa shape index (κ2) is 11.0. The number of aryl methyl sites for hydroxylation is 1. The van der Waals surface area contributed by atoms with Crippen LogP contribution in [0.25, 0.3) is 0 Å². The molecule has 6 nitrogen and oxygen atoms in total. The zero-order valence-corrected chi connectivity index (χ0v) is 18.2. The number of aliphatic imine (C=N–C) groups is 1. The van der Waals surface area contributed by atoms with Gasteiger partial charge in [-0.1, -0.05) is 62.4 Å². The molecule has 0 aliphatic heterocycles. The highest BCUT2D eigenvalue weighted by Gasteiger charge is 2.13. The van der Waals surface area contributed by atoms with E-state index in [1.165, 1.54) is 50.5 Å². The first-order chi connectivity index (χ1) is 14.1. The molecule has 1 aromatic carbocycles. The van der Waals surface area contributed by atoms with Crippen LogP contribution in [0.1, 0.15) is 75.1 Å². The maximum atomic E-state index is 4.79. The summed E-state index contributed by atoms with van der Waals surface area (Å²) in [5, 5.41) is 15.5. The van der Waals surface area contributed by atoms with Gasteiger partial charge in [-0.15, -0.1) is 10.2 Å². The van der Waals surface area contributed by atoms with E-state index in [0.29, 0.717) is 6.54 Å². The molecule has 2 N–H and O–H groups in total. The Hall–Kier alpha value is -2.37. The molecule has 1 aliphatic rings. The van der Waals surface area contributed by atoms with E-state index in [1.54, 1.807) is 0 Å². The second-order valence-corrected chi connectivity index (χ2v) is 8.24. The minimum atomic E-state index is 0.182. The van der Waals surface area contributed by atoms with E-state index in [9.17, 15) is 0 Å². The van der Waals surface area contributed by atoms with Crippen molar-refractivity contribution in [3.63, 3.8) is 0 Å². The van der Waals surface area contributed by atoms with Crippen LogP contribution < -0.4 is 10.6 Å². The largest absolute Gasteiger partial charge is 0.356 e. The minimum Gasteiger partial charge on any atom is -0.356 e. The summed E-state index contributed by atoms with van der Waals surface area (Å²) in [5.41, 5.74) is 1.25. The molecule has 158 valence electrons. The Kier molecular flexibility index (Phi) is 8.08. The average molecular weight is 397 g/mol. The molecule has 1 aliphatic carbocycles. The van der Waals surface area contributed by atoms with E-state index in [4.69, 9.17) is 4.99 Å². The first-order valence-corrected chi connectivity index (χ1v) is 11.1. The van der Waals surface area contributed by atoms with Gasteiger partial charge < -0.3 is 15.2 Å². The van der Waals surface area contributed by atoms with Crippen LogP contribution in [-0.2, 0) is 13.6 Å². The molecule has 1 heterocycles. The smallest absolute Gasteiger partial charge is 0.192 e. The van der Waals surface area contributed by atoms with Gasteiger partial charge in [0.25, 0.3) is 0 Å². The van der Waals surface area contributed by atoms with E-state index in [-0.39, 0.29) is 6.04 Å². The number of nitrogens with zero attached hydrogens (tertiary/aromatic N) is 4. The number of aromatic nitrogens is 3. The van der Waals surface area contributed by atoms with E-state index < -0.39 is 0 Å². The number of benzene rings is 1. The lowest BCUT2D eigenvalue weighted by molar-refractivity contribution is 0.332. The molecule has 3 rings (SSSR count). The third-order valence-electron chi connectivity index (χ3n) is 6.02. The average Bonchev–Trinajstić information content (AvgIpc) is 3.08. The Morgan fingerprint density at radius 1 is 1.17 bits per heavy atom. The third kappa shape index (κ3) is 6.58. The summed E-state index contributed by atoms with van der Waals surface area (Å²) in [6.07, 6.45) is 9.58. The molecule has 1 fully saturated rings. The molecule has 0 saturated heterocycles. The lowest BCUT2D eigenvalue weighted by Gasteiger charge is -2.22. The van der Waals surface area contributed by atoms with Gasteiger partial charge in [-0.2, -0.15) is 0 Å². The molecular weight excluding hydrogens is 360 g/mol. The van der Waals surface area contributed by atoms with Gasteiger partial charge in [0.2, 0.25) is 0 Å². The molecular formula is C23H36N6. The summed E-state index contributed by atoms with van der Waals surface area (Å²) in [6.45, 7) is 5.58. The number of guanidine groups is 1. The van der Waals surface area contributed by atoms with E-state index in [2.05, 4.69) is 52.0 Å². The standard InChI is InChI=1S/C23H36N6/c1-18(21-14-8-5-9-15-21)26-23(25-17-22-28-27-19(2)29(22)3)24-16-10-13-20-11-6-4-7-12-20/h5,8-9,14-15,18,20H,4,6-7,10-13,16-17H2,1-3H3,(H2,24,25,26). The normalized spacial score (nSPS) is 16.6. The molecule has 1 saturated carbocycles. The van der Waals surface area contributed by atoms with Gasteiger partial charge in [0, 0.05) is 13.6 Å². The summed E-state index contributed by atoms with van der Waals surface area (Å²) in [5.74, 6) is 3.54. The quantitative estimate of drug-likeness (QED) is 0.397. The molecule has 1 unspecified atom stereocenters. The van der Waals surface area contributed by atoms with Crippen molar-refractivity contribution < 1.29 is 0 Å². The van der Waals surface area contributed by atoms with Crippen molar-refractivity contribution >= 4 is 5.96 Å². The van der Waals surface area contributed by atoms with Crippen molar-refractivity contribution in [2.24, 2.45) is 18.0 Å². The Labute approximate surface area is 175 Å². The van der Waals surface area contributed by atoms with Gasteiger partial charge in [0.05, 0.1) is 6.04 Å². The predicted molar refractivity (Wildman–Crippen MR) is 119 cm³/mol. The fraction of sp³-hybridized carbons (Fsp3) is 0.609. The third-order valence-corrected chi connectivity index (χ3v) is 6.02. The zero-order valence-electron chi connectivity index (χ0n) is 18.2. The SMILES string of the molecule is Cc1nnc(CN=C(NCCCC2CCCCC2)NC(C)c2ccccc2)n1C. The molecule has 1 aromatic heterocycles. The number of hydrogen-bond acceptors (Lipinski definition) is 3. The van der Waals surface area contributed by atoms with Crippen molar-refractivity contribution in [1.82, 2.24) is 25.4 Å². The highest BCUT2D eigenvalue weighted by Crippen LogP contribution is 2.26. The van der Waals surface area contributed by atoms with Gasteiger partial charge >= 0.3 is 0 Å². The summed E-state index contributed by atoms with van der Waals surface area (Å²) in [4.78, 5) is 4.79. The van der Waals surface area contributed by atoms with Gasteiger partial charge in [-0.05, 0) is 38.2 Å². The summed E-state index contributed by atoms with van der Waals surface area (Å²) >= 11 is 0. The summed E-state index contributed by atoms with van der Waals surface area (Å²) < 4.78 is 1.99. The van der Waals surface area contributed by atoms with Crippen molar-refractivity contribution in [3.05, 3.63) is 47.5 Å². The maximum Gasteiger partial charge on any atom is 0.192 e. The van der Waals surface area contributed by atoms with Crippen molar-refractivity contribution in [2.75, 3.05) is 6.54 Å². The van der Waals surface area contributed by atoms with Crippen LogP contribution in [-0.4, -0.2) is 27.3 Å². The lowest BCUT2D eigenvalue weighted by atomic mass is 9.86. The topological polar surface area (TPSA) is 67.1 Å². The minimum absolute atomic E-state index is 0.182. The fourth-order valence-corrected chi connectivity index (χ4v) is 3.99. The van der Waals surface area contributed by atoms with Crippen LogP contribution in [0, 0.1) is 12.8 Å². The fourth-order valence-electron chi connectivity index (χ4n) is 3.99. The highest BCUT2D eigenvalue weighted by molar-refractivity contribution is 5.80.